The number of rotatable bonds is 5. The zero-order chi connectivity index (χ0) is 14.4. The van der Waals surface area contributed by atoms with Gasteiger partial charge in [0.1, 0.15) is 0 Å². The molecular formula is C12H14N2O5. The molecule has 7 nitrogen and oxygen atoms in total. The molecule has 0 aliphatic heterocycles. The smallest absolute Gasteiger partial charge is 0.307 e. The Morgan fingerprint density at radius 2 is 2.05 bits per heavy atom. The maximum absolute atomic E-state index is 11.8. The summed E-state index contributed by atoms with van der Waals surface area (Å²) in [6.07, 6.45) is 0.0517. The monoisotopic (exact) mass is 266 g/mol. The summed E-state index contributed by atoms with van der Waals surface area (Å²) in [5, 5.41) is 13.2. The summed E-state index contributed by atoms with van der Waals surface area (Å²) in [7, 11) is 1.26. The number of methoxy groups -OCH3 is 1. The van der Waals surface area contributed by atoms with Gasteiger partial charge >= 0.3 is 5.97 Å². The van der Waals surface area contributed by atoms with Crippen molar-refractivity contribution in [3.63, 3.8) is 0 Å². The van der Waals surface area contributed by atoms with Crippen molar-refractivity contribution >= 4 is 17.6 Å². The maximum Gasteiger partial charge on any atom is 0.307 e. The van der Waals surface area contributed by atoms with E-state index in [1.165, 1.54) is 19.2 Å². The third kappa shape index (κ3) is 4.38. The number of carbonyl (C=O) groups is 2. The molecule has 0 aliphatic rings. The van der Waals surface area contributed by atoms with Crippen molar-refractivity contribution in [3.8, 4) is 0 Å². The number of benzene rings is 1. The van der Waals surface area contributed by atoms with Crippen LogP contribution in [-0.4, -0.2) is 30.5 Å². The molecule has 19 heavy (non-hydrogen) atoms. The average molecular weight is 266 g/mol. The topological polar surface area (TPSA) is 98.5 Å². The molecule has 1 N–H and O–H groups in total. The molecule has 0 aliphatic carbocycles. The molecule has 0 radical (unpaired) electrons. The molecule has 0 bridgehead atoms. The summed E-state index contributed by atoms with van der Waals surface area (Å²) >= 11 is 0. The number of hydrogen-bond acceptors (Lipinski definition) is 5. The van der Waals surface area contributed by atoms with Gasteiger partial charge in [0, 0.05) is 24.2 Å². The Balaban J connectivity index is 2.71. The van der Waals surface area contributed by atoms with Crippen LogP contribution >= 0.6 is 0 Å². The minimum Gasteiger partial charge on any atom is -0.469 e. The second kappa shape index (κ2) is 6.48. The van der Waals surface area contributed by atoms with E-state index in [0.29, 0.717) is 5.56 Å². The highest BCUT2D eigenvalue weighted by Crippen LogP contribution is 2.16. The Bertz CT molecular complexity index is 513. The number of non-ortho nitro benzene ring substituents is 1. The molecule has 1 amide bonds. The molecule has 0 unspecified atom stereocenters. The first kappa shape index (κ1) is 14.6. The highest BCUT2D eigenvalue weighted by atomic mass is 16.6. The lowest BCUT2D eigenvalue weighted by Gasteiger charge is -2.05. The molecule has 0 saturated heterocycles. The van der Waals surface area contributed by atoms with Crippen LogP contribution in [-0.2, 0) is 9.53 Å². The van der Waals surface area contributed by atoms with Gasteiger partial charge in [-0.25, -0.2) is 0 Å². The van der Waals surface area contributed by atoms with E-state index in [9.17, 15) is 19.7 Å². The third-order valence-electron chi connectivity index (χ3n) is 2.38. The van der Waals surface area contributed by atoms with Gasteiger partial charge in [-0.3, -0.25) is 19.7 Å². The molecular weight excluding hydrogens is 252 g/mol. The normalized spacial score (nSPS) is 9.79. The molecule has 0 atom stereocenters. The minimum atomic E-state index is -0.557. The van der Waals surface area contributed by atoms with Crippen LogP contribution in [0.4, 0.5) is 5.69 Å². The van der Waals surface area contributed by atoms with E-state index in [1.54, 1.807) is 13.0 Å². The summed E-state index contributed by atoms with van der Waals surface area (Å²) in [6, 6.07) is 4.12. The molecule has 102 valence electrons. The lowest BCUT2D eigenvalue weighted by molar-refractivity contribution is -0.384. The number of nitrogens with one attached hydrogen (secondary N) is 1. The number of carbonyl (C=O) groups excluding carboxylic acids is 2. The molecule has 0 spiro atoms. The van der Waals surface area contributed by atoms with Crippen LogP contribution < -0.4 is 5.32 Å². The molecule has 0 fully saturated rings. The summed E-state index contributed by atoms with van der Waals surface area (Å²) in [5.74, 6) is -0.897. The Hall–Kier alpha value is -2.44. The van der Waals surface area contributed by atoms with Crippen LogP contribution in [0.25, 0.3) is 0 Å². The zero-order valence-corrected chi connectivity index (χ0v) is 10.6. The third-order valence-corrected chi connectivity index (χ3v) is 2.38. The first-order valence-corrected chi connectivity index (χ1v) is 5.55. The molecule has 0 saturated carbocycles. The fraction of sp³-hybridized carbons (Fsp3) is 0.333. The van der Waals surface area contributed by atoms with E-state index in [-0.39, 0.29) is 24.2 Å². The molecule has 0 aromatic heterocycles. The molecule has 1 aromatic carbocycles. The fourth-order valence-corrected chi connectivity index (χ4v) is 1.48. The van der Waals surface area contributed by atoms with Gasteiger partial charge in [-0.15, -0.1) is 0 Å². The fourth-order valence-electron chi connectivity index (χ4n) is 1.48. The Kier molecular flexibility index (Phi) is 4.99. The highest BCUT2D eigenvalue weighted by molar-refractivity contribution is 5.95. The van der Waals surface area contributed by atoms with E-state index in [4.69, 9.17) is 0 Å². The molecule has 0 heterocycles. The molecule has 1 aromatic rings. The van der Waals surface area contributed by atoms with Crippen LogP contribution in [0.15, 0.2) is 18.2 Å². The van der Waals surface area contributed by atoms with Gasteiger partial charge in [-0.05, 0) is 18.6 Å². The van der Waals surface area contributed by atoms with Crippen molar-refractivity contribution in [1.82, 2.24) is 5.32 Å². The largest absolute Gasteiger partial charge is 0.469 e. The van der Waals surface area contributed by atoms with Crippen molar-refractivity contribution in [3.05, 3.63) is 39.4 Å². The lowest BCUT2D eigenvalue weighted by atomic mass is 10.1. The van der Waals surface area contributed by atoms with Crippen molar-refractivity contribution in [2.45, 2.75) is 13.3 Å². The van der Waals surface area contributed by atoms with E-state index in [2.05, 4.69) is 10.1 Å². The van der Waals surface area contributed by atoms with Crippen molar-refractivity contribution < 1.29 is 19.2 Å². The summed E-state index contributed by atoms with van der Waals surface area (Å²) in [6.45, 7) is 1.78. The van der Waals surface area contributed by atoms with E-state index < -0.39 is 16.8 Å². The predicted octanol–water partition coefficient (Wildman–Crippen LogP) is 1.20. The highest BCUT2D eigenvalue weighted by Gasteiger charge is 2.13. The van der Waals surface area contributed by atoms with Crippen LogP contribution in [0.1, 0.15) is 22.3 Å². The number of nitro benzene ring substituents is 1. The van der Waals surface area contributed by atoms with Crippen molar-refractivity contribution in [1.29, 1.82) is 0 Å². The van der Waals surface area contributed by atoms with E-state index in [0.717, 1.165) is 0 Å². The maximum atomic E-state index is 11.8. The number of hydrogen-bond donors (Lipinski definition) is 1. The first-order chi connectivity index (χ1) is 8.93. The number of nitrogens with zero attached hydrogens (tertiary/aromatic N) is 1. The van der Waals surface area contributed by atoms with Gasteiger partial charge in [0.15, 0.2) is 0 Å². The lowest BCUT2D eigenvalue weighted by Crippen LogP contribution is -2.26. The number of ether oxygens (including phenoxy) is 1. The van der Waals surface area contributed by atoms with Gasteiger partial charge in [-0.1, -0.05) is 0 Å². The minimum absolute atomic E-state index is 0.0517. The standard InChI is InChI=1S/C12H14N2O5/c1-8-5-9(7-10(6-8)14(17)18)12(16)13-4-3-11(15)19-2/h5-7H,3-4H2,1-2H3,(H,13,16). The van der Waals surface area contributed by atoms with Crippen molar-refractivity contribution in [2.75, 3.05) is 13.7 Å². The first-order valence-electron chi connectivity index (χ1n) is 5.55. The number of nitro groups is 1. The van der Waals surface area contributed by atoms with Crippen LogP contribution in [0.5, 0.6) is 0 Å². The van der Waals surface area contributed by atoms with Gasteiger partial charge in [-0.2, -0.15) is 0 Å². The second-order valence-corrected chi connectivity index (χ2v) is 3.90. The number of amides is 1. The summed E-state index contributed by atoms with van der Waals surface area (Å²) < 4.78 is 4.43. The zero-order valence-electron chi connectivity index (χ0n) is 10.6. The van der Waals surface area contributed by atoms with Crippen LogP contribution in [0, 0.1) is 17.0 Å². The molecule has 1 rings (SSSR count). The van der Waals surface area contributed by atoms with E-state index >= 15 is 0 Å². The van der Waals surface area contributed by atoms with Crippen LogP contribution in [0.2, 0.25) is 0 Å². The summed E-state index contributed by atoms with van der Waals surface area (Å²) in [4.78, 5) is 32.7. The van der Waals surface area contributed by atoms with Crippen molar-refractivity contribution in [2.24, 2.45) is 0 Å². The number of aryl methyl sites for hydroxylation is 1. The van der Waals surface area contributed by atoms with Gasteiger partial charge in [0.2, 0.25) is 0 Å². The average Bonchev–Trinajstić information content (AvgIpc) is 2.37. The van der Waals surface area contributed by atoms with Gasteiger partial charge < -0.3 is 10.1 Å². The Labute approximate surface area is 109 Å². The Morgan fingerprint density at radius 3 is 2.63 bits per heavy atom. The molecule has 7 heteroatoms. The predicted molar refractivity (Wildman–Crippen MR) is 66.8 cm³/mol. The SMILES string of the molecule is COC(=O)CCNC(=O)c1cc(C)cc([N+](=O)[O-])c1. The second-order valence-electron chi connectivity index (χ2n) is 3.90. The van der Waals surface area contributed by atoms with Crippen LogP contribution in [0.3, 0.4) is 0 Å². The van der Waals surface area contributed by atoms with Gasteiger partial charge in [0.25, 0.3) is 11.6 Å². The van der Waals surface area contributed by atoms with Gasteiger partial charge in [0.05, 0.1) is 18.5 Å². The Morgan fingerprint density at radius 1 is 1.37 bits per heavy atom. The summed E-state index contributed by atoms with van der Waals surface area (Å²) in [5.41, 5.74) is 0.669. The number of esters is 1. The van der Waals surface area contributed by atoms with E-state index in [1.807, 2.05) is 0 Å². The quantitative estimate of drug-likeness (QED) is 0.490.